The number of hydrogen-bond acceptors (Lipinski definition) is 5. The Morgan fingerprint density at radius 3 is 2.47 bits per heavy atom. The van der Waals surface area contributed by atoms with Gasteiger partial charge >= 0.3 is 0 Å². The number of hydrogen-bond donors (Lipinski definition) is 1. The summed E-state index contributed by atoms with van der Waals surface area (Å²) in [6.07, 6.45) is 0.912. The fraction of sp³-hybridized carbons (Fsp3) is 0.458. The summed E-state index contributed by atoms with van der Waals surface area (Å²) in [7, 11) is 0. The summed E-state index contributed by atoms with van der Waals surface area (Å²) in [5.74, 6) is 1.13. The van der Waals surface area contributed by atoms with Gasteiger partial charge in [0.05, 0.1) is 32.5 Å². The van der Waals surface area contributed by atoms with Crippen molar-refractivity contribution in [3.63, 3.8) is 0 Å². The molecule has 1 unspecified atom stereocenters. The molecule has 1 heterocycles. The van der Waals surface area contributed by atoms with Gasteiger partial charge in [0.25, 0.3) is 5.91 Å². The van der Waals surface area contributed by atoms with E-state index >= 15 is 0 Å². The first-order valence-electron chi connectivity index (χ1n) is 10.8. The lowest BCUT2D eigenvalue weighted by Gasteiger charge is -2.29. The SMILES string of the molecule is CCCOc1ccc(C(=O)NC(C)c2ccc(N3CCOCC3)cc2)cc1OCC. The van der Waals surface area contributed by atoms with E-state index in [0.29, 0.717) is 30.3 Å². The molecule has 6 heteroatoms. The highest BCUT2D eigenvalue weighted by Gasteiger charge is 2.16. The molecule has 1 fully saturated rings. The van der Waals surface area contributed by atoms with Crippen LogP contribution >= 0.6 is 0 Å². The fourth-order valence-corrected chi connectivity index (χ4v) is 3.41. The van der Waals surface area contributed by atoms with E-state index in [9.17, 15) is 4.79 Å². The third-order valence-electron chi connectivity index (χ3n) is 5.08. The van der Waals surface area contributed by atoms with Crippen molar-refractivity contribution in [1.82, 2.24) is 5.32 Å². The number of morpholine rings is 1. The molecule has 6 nitrogen and oxygen atoms in total. The van der Waals surface area contributed by atoms with Crippen molar-refractivity contribution in [2.75, 3.05) is 44.4 Å². The fourth-order valence-electron chi connectivity index (χ4n) is 3.41. The maximum absolute atomic E-state index is 12.8. The number of carbonyl (C=O) groups is 1. The van der Waals surface area contributed by atoms with Gasteiger partial charge in [-0.3, -0.25) is 4.79 Å². The van der Waals surface area contributed by atoms with Gasteiger partial charge in [-0.2, -0.15) is 0 Å². The Hall–Kier alpha value is -2.73. The van der Waals surface area contributed by atoms with Crippen molar-refractivity contribution in [2.24, 2.45) is 0 Å². The normalized spacial score (nSPS) is 14.8. The first-order chi connectivity index (χ1) is 14.6. The van der Waals surface area contributed by atoms with E-state index in [1.54, 1.807) is 18.2 Å². The van der Waals surface area contributed by atoms with Gasteiger partial charge in [-0.1, -0.05) is 19.1 Å². The molecule has 30 heavy (non-hydrogen) atoms. The maximum atomic E-state index is 12.8. The van der Waals surface area contributed by atoms with Gasteiger partial charge in [0, 0.05) is 24.3 Å². The minimum atomic E-state index is -0.136. The lowest BCUT2D eigenvalue weighted by atomic mass is 10.1. The molecule has 162 valence electrons. The van der Waals surface area contributed by atoms with Gasteiger partial charge in [-0.15, -0.1) is 0 Å². The lowest BCUT2D eigenvalue weighted by molar-refractivity contribution is 0.0939. The molecule has 2 aromatic carbocycles. The molecular formula is C24H32N2O4. The number of anilines is 1. The van der Waals surface area contributed by atoms with Crippen molar-refractivity contribution in [1.29, 1.82) is 0 Å². The molecule has 2 aromatic rings. The number of nitrogens with one attached hydrogen (secondary N) is 1. The van der Waals surface area contributed by atoms with E-state index in [4.69, 9.17) is 14.2 Å². The predicted octanol–water partition coefficient (Wildman–Crippen LogP) is 4.20. The van der Waals surface area contributed by atoms with Crippen LogP contribution in [0.5, 0.6) is 11.5 Å². The molecule has 0 saturated carbocycles. The van der Waals surface area contributed by atoms with Gasteiger partial charge in [0.2, 0.25) is 0 Å². The van der Waals surface area contributed by atoms with Crippen molar-refractivity contribution >= 4 is 11.6 Å². The summed E-state index contributed by atoms with van der Waals surface area (Å²) < 4.78 is 16.8. The molecular weight excluding hydrogens is 380 g/mol. The average molecular weight is 413 g/mol. The van der Waals surface area contributed by atoms with Crippen LogP contribution in [0.4, 0.5) is 5.69 Å². The molecule has 1 atom stereocenters. The number of carbonyl (C=O) groups excluding carboxylic acids is 1. The first kappa shape index (κ1) is 22.0. The Morgan fingerprint density at radius 2 is 1.80 bits per heavy atom. The second kappa shape index (κ2) is 10.9. The van der Waals surface area contributed by atoms with Gasteiger partial charge in [0.1, 0.15) is 0 Å². The Bertz CT molecular complexity index is 816. The molecule has 1 aliphatic rings. The summed E-state index contributed by atoms with van der Waals surface area (Å²) in [6, 6.07) is 13.6. The Balaban J connectivity index is 1.65. The summed E-state index contributed by atoms with van der Waals surface area (Å²) in [5.41, 5.74) is 2.80. The van der Waals surface area contributed by atoms with E-state index in [-0.39, 0.29) is 11.9 Å². The molecule has 1 aliphatic heterocycles. The molecule has 0 radical (unpaired) electrons. The monoisotopic (exact) mass is 412 g/mol. The summed E-state index contributed by atoms with van der Waals surface area (Å²) in [5, 5.41) is 3.07. The number of nitrogens with zero attached hydrogens (tertiary/aromatic N) is 1. The zero-order chi connectivity index (χ0) is 21.3. The van der Waals surface area contributed by atoms with Crippen molar-refractivity contribution in [2.45, 2.75) is 33.2 Å². The predicted molar refractivity (Wildman–Crippen MR) is 119 cm³/mol. The van der Waals surface area contributed by atoms with Crippen LogP contribution in [0.25, 0.3) is 0 Å². The molecule has 3 rings (SSSR count). The van der Waals surface area contributed by atoms with Gasteiger partial charge in [-0.25, -0.2) is 0 Å². The standard InChI is InChI=1S/C24H32N2O4/c1-4-14-30-22-11-8-20(17-23(22)29-5-2)24(27)25-18(3)19-6-9-21(10-7-19)26-12-15-28-16-13-26/h6-11,17-18H,4-5,12-16H2,1-3H3,(H,25,27). The van der Waals surface area contributed by atoms with Crippen LogP contribution in [0.1, 0.15) is 49.2 Å². The van der Waals surface area contributed by atoms with Crippen LogP contribution in [0, 0.1) is 0 Å². The quantitative estimate of drug-likeness (QED) is 0.669. The lowest BCUT2D eigenvalue weighted by Crippen LogP contribution is -2.36. The molecule has 1 amide bonds. The summed E-state index contributed by atoms with van der Waals surface area (Å²) in [4.78, 5) is 15.1. The number of benzene rings is 2. The third kappa shape index (κ3) is 5.66. The Labute approximate surface area is 179 Å². The van der Waals surface area contributed by atoms with Crippen molar-refractivity contribution < 1.29 is 19.0 Å². The smallest absolute Gasteiger partial charge is 0.251 e. The average Bonchev–Trinajstić information content (AvgIpc) is 2.79. The highest BCUT2D eigenvalue weighted by molar-refractivity contribution is 5.95. The van der Waals surface area contributed by atoms with Crippen LogP contribution in [-0.2, 0) is 4.74 Å². The zero-order valence-corrected chi connectivity index (χ0v) is 18.1. The van der Waals surface area contributed by atoms with Crippen LogP contribution < -0.4 is 19.7 Å². The van der Waals surface area contributed by atoms with Gasteiger partial charge < -0.3 is 24.4 Å². The summed E-state index contributed by atoms with van der Waals surface area (Å²) >= 11 is 0. The minimum absolute atomic E-state index is 0.109. The van der Waals surface area contributed by atoms with E-state index in [1.807, 2.05) is 13.8 Å². The molecule has 1 N–H and O–H groups in total. The number of rotatable bonds is 9. The van der Waals surface area contributed by atoms with Crippen LogP contribution in [0.2, 0.25) is 0 Å². The largest absolute Gasteiger partial charge is 0.490 e. The molecule has 0 aromatic heterocycles. The van der Waals surface area contributed by atoms with E-state index in [2.05, 4.69) is 41.4 Å². The molecule has 0 spiro atoms. The highest BCUT2D eigenvalue weighted by atomic mass is 16.5. The van der Waals surface area contributed by atoms with Crippen LogP contribution in [0.3, 0.4) is 0 Å². The Kier molecular flexibility index (Phi) is 7.97. The van der Waals surface area contributed by atoms with Crippen LogP contribution in [0.15, 0.2) is 42.5 Å². The topological polar surface area (TPSA) is 60.0 Å². The highest BCUT2D eigenvalue weighted by Crippen LogP contribution is 2.29. The summed E-state index contributed by atoms with van der Waals surface area (Å²) in [6.45, 7) is 10.4. The van der Waals surface area contributed by atoms with Gasteiger partial charge in [-0.05, 0) is 56.2 Å². The second-order valence-corrected chi connectivity index (χ2v) is 7.33. The second-order valence-electron chi connectivity index (χ2n) is 7.33. The number of ether oxygens (including phenoxy) is 3. The van der Waals surface area contributed by atoms with E-state index in [1.165, 1.54) is 5.69 Å². The van der Waals surface area contributed by atoms with Gasteiger partial charge in [0.15, 0.2) is 11.5 Å². The third-order valence-corrected chi connectivity index (χ3v) is 5.08. The van der Waals surface area contributed by atoms with Crippen LogP contribution in [-0.4, -0.2) is 45.4 Å². The number of amides is 1. The molecule has 0 aliphatic carbocycles. The minimum Gasteiger partial charge on any atom is -0.490 e. The molecule has 0 bridgehead atoms. The van der Waals surface area contributed by atoms with E-state index < -0.39 is 0 Å². The Morgan fingerprint density at radius 1 is 1.07 bits per heavy atom. The zero-order valence-electron chi connectivity index (χ0n) is 18.1. The van der Waals surface area contributed by atoms with Crippen molar-refractivity contribution in [3.8, 4) is 11.5 Å². The van der Waals surface area contributed by atoms with Crippen molar-refractivity contribution in [3.05, 3.63) is 53.6 Å². The first-order valence-corrected chi connectivity index (χ1v) is 10.8. The van der Waals surface area contributed by atoms with E-state index in [0.717, 1.165) is 38.3 Å². The molecule has 1 saturated heterocycles. The maximum Gasteiger partial charge on any atom is 0.251 e.